The summed E-state index contributed by atoms with van der Waals surface area (Å²) in [5.41, 5.74) is -0.662. The second kappa shape index (κ2) is 5.82. The molecule has 8 heteroatoms. The summed E-state index contributed by atoms with van der Waals surface area (Å²) in [5, 5.41) is 8.74. The number of ether oxygens (including phenoxy) is 1. The van der Waals surface area contributed by atoms with Crippen molar-refractivity contribution in [2.24, 2.45) is 0 Å². The van der Waals surface area contributed by atoms with Gasteiger partial charge in [-0.2, -0.15) is 0 Å². The molecule has 0 aromatic carbocycles. The van der Waals surface area contributed by atoms with Crippen LogP contribution in [0.4, 0.5) is 4.79 Å². The molecule has 0 aromatic rings. The molecule has 7 nitrogen and oxygen atoms in total. The molecular formula is C13H23NO6S. The van der Waals surface area contributed by atoms with Crippen LogP contribution in [0.5, 0.6) is 0 Å². The number of carboxylic acids is 1. The van der Waals surface area contributed by atoms with Gasteiger partial charge in [0, 0.05) is 13.1 Å². The van der Waals surface area contributed by atoms with E-state index < -0.39 is 38.0 Å². The molecule has 1 atom stereocenters. The third-order valence-electron chi connectivity index (χ3n) is 3.37. The summed E-state index contributed by atoms with van der Waals surface area (Å²) in [6.45, 7) is 7.05. The first kappa shape index (κ1) is 17.7. The fourth-order valence-corrected chi connectivity index (χ4v) is 3.76. The first-order valence-corrected chi connectivity index (χ1v) is 8.44. The summed E-state index contributed by atoms with van der Waals surface area (Å²) < 4.78 is 28.4. The van der Waals surface area contributed by atoms with E-state index in [0.29, 0.717) is 19.4 Å². The van der Waals surface area contributed by atoms with Crippen molar-refractivity contribution >= 4 is 21.9 Å². The second-order valence-corrected chi connectivity index (χ2v) is 9.11. The molecular weight excluding hydrogens is 298 g/mol. The van der Waals surface area contributed by atoms with Gasteiger partial charge < -0.3 is 14.7 Å². The minimum absolute atomic E-state index is 0.0441. The molecule has 1 saturated heterocycles. The van der Waals surface area contributed by atoms with Gasteiger partial charge in [0.15, 0.2) is 9.84 Å². The number of nitrogens with zero attached hydrogens (tertiary/aromatic N) is 1. The average Bonchev–Trinajstić information content (AvgIpc) is 2.24. The third kappa shape index (κ3) is 4.59. The van der Waals surface area contributed by atoms with Crippen LogP contribution in [0, 0.1) is 0 Å². The largest absolute Gasteiger partial charge is 0.480 e. The summed E-state index contributed by atoms with van der Waals surface area (Å²) in [5.74, 6) is -2.31. The highest BCUT2D eigenvalue weighted by Gasteiger charge is 2.45. The van der Waals surface area contributed by atoms with E-state index in [2.05, 4.69) is 0 Å². The van der Waals surface area contributed by atoms with Gasteiger partial charge in [-0.25, -0.2) is 13.2 Å². The maximum atomic E-state index is 12.2. The van der Waals surface area contributed by atoms with E-state index in [-0.39, 0.29) is 6.54 Å². The summed E-state index contributed by atoms with van der Waals surface area (Å²) in [6, 6.07) is 0. The van der Waals surface area contributed by atoms with Gasteiger partial charge in [-0.15, -0.1) is 0 Å². The predicted molar refractivity (Wildman–Crippen MR) is 76.9 cm³/mol. The zero-order valence-corrected chi connectivity index (χ0v) is 13.7. The van der Waals surface area contributed by atoms with Crippen molar-refractivity contribution in [2.45, 2.75) is 50.9 Å². The van der Waals surface area contributed by atoms with E-state index in [1.54, 1.807) is 20.8 Å². The van der Waals surface area contributed by atoms with Crippen molar-refractivity contribution in [1.82, 2.24) is 4.90 Å². The Morgan fingerprint density at radius 1 is 1.33 bits per heavy atom. The molecule has 1 aliphatic rings. The lowest BCUT2D eigenvalue weighted by molar-refractivity contribution is -0.134. The second-order valence-electron chi connectivity index (χ2n) is 6.61. The Bertz CT molecular complexity index is 521. The summed E-state index contributed by atoms with van der Waals surface area (Å²) >= 11 is 0. The van der Waals surface area contributed by atoms with Crippen molar-refractivity contribution in [3.8, 4) is 0 Å². The fourth-order valence-electron chi connectivity index (χ4n) is 2.28. The van der Waals surface area contributed by atoms with Gasteiger partial charge in [-0.3, -0.25) is 4.79 Å². The number of sulfone groups is 1. The summed E-state index contributed by atoms with van der Waals surface area (Å²) in [7, 11) is -3.84. The lowest BCUT2D eigenvalue weighted by atomic mass is 9.99. The van der Waals surface area contributed by atoms with Crippen molar-refractivity contribution < 1.29 is 27.9 Å². The van der Waals surface area contributed by atoms with Gasteiger partial charge >= 0.3 is 12.1 Å². The Balaban J connectivity index is 2.89. The molecule has 0 bridgehead atoms. The predicted octanol–water partition coefficient (Wildman–Crippen LogP) is 1.28. The normalized spacial score (nSPS) is 23.7. The number of aliphatic carboxylic acids is 1. The lowest BCUT2D eigenvalue weighted by Gasteiger charge is -2.39. The molecule has 1 aliphatic heterocycles. The zero-order valence-electron chi connectivity index (χ0n) is 12.9. The van der Waals surface area contributed by atoms with Crippen LogP contribution in [0.1, 0.15) is 40.5 Å². The van der Waals surface area contributed by atoms with Crippen LogP contribution in [0.25, 0.3) is 0 Å². The van der Waals surface area contributed by atoms with Crippen LogP contribution in [0.15, 0.2) is 0 Å². The number of hydrogen-bond donors (Lipinski definition) is 1. The Labute approximate surface area is 125 Å². The van der Waals surface area contributed by atoms with E-state index in [1.807, 2.05) is 0 Å². The minimum Gasteiger partial charge on any atom is -0.480 e. The monoisotopic (exact) mass is 321 g/mol. The van der Waals surface area contributed by atoms with Crippen molar-refractivity contribution in [3.63, 3.8) is 0 Å². The summed E-state index contributed by atoms with van der Waals surface area (Å²) in [4.78, 5) is 24.1. The highest BCUT2D eigenvalue weighted by Crippen LogP contribution is 2.30. The van der Waals surface area contributed by atoms with Crippen molar-refractivity contribution in [2.75, 3.05) is 18.8 Å². The Morgan fingerprint density at radius 3 is 2.38 bits per heavy atom. The standard InChI is InChI=1S/C13H23NO6S/c1-12(2,3)20-11(17)14-7-5-6-13(4,9-14)21(18,19)8-10(15)16/h5-9H2,1-4H3,(H,15,16). The molecule has 0 radical (unpaired) electrons. The first-order chi connectivity index (χ1) is 9.36. The van der Waals surface area contributed by atoms with Crippen LogP contribution < -0.4 is 0 Å². The number of rotatable bonds is 3. The summed E-state index contributed by atoms with van der Waals surface area (Å²) in [6.07, 6.45) is 0.259. The maximum Gasteiger partial charge on any atom is 0.410 e. The smallest absolute Gasteiger partial charge is 0.410 e. The molecule has 0 saturated carbocycles. The van der Waals surface area contributed by atoms with Crippen LogP contribution in [0.2, 0.25) is 0 Å². The van der Waals surface area contributed by atoms with E-state index >= 15 is 0 Å². The van der Waals surface area contributed by atoms with Crippen LogP contribution in [-0.4, -0.2) is 59.7 Å². The Morgan fingerprint density at radius 2 is 1.90 bits per heavy atom. The first-order valence-electron chi connectivity index (χ1n) is 6.78. The van der Waals surface area contributed by atoms with E-state index in [4.69, 9.17) is 9.84 Å². The molecule has 1 fully saturated rings. The molecule has 1 amide bonds. The molecule has 0 aromatic heterocycles. The Kier molecular flexibility index (Phi) is 4.92. The molecule has 1 N–H and O–H groups in total. The minimum atomic E-state index is -3.84. The number of amides is 1. The molecule has 1 heterocycles. The van der Waals surface area contributed by atoms with Gasteiger partial charge in [-0.05, 0) is 40.5 Å². The fraction of sp³-hybridized carbons (Fsp3) is 0.846. The lowest BCUT2D eigenvalue weighted by Crippen LogP contribution is -2.54. The zero-order chi connectivity index (χ0) is 16.5. The molecule has 1 unspecified atom stereocenters. The van der Waals surface area contributed by atoms with Gasteiger partial charge in [0.1, 0.15) is 11.4 Å². The number of likely N-dealkylation sites (tertiary alicyclic amines) is 1. The number of carboxylic acid groups (broad SMARTS) is 1. The number of piperidine rings is 1. The number of hydrogen-bond acceptors (Lipinski definition) is 5. The highest BCUT2D eigenvalue weighted by molar-refractivity contribution is 7.93. The average molecular weight is 321 g/mol. The van der Waals surface area contributed by atoms with Crippen LogP contribution in [0.3, 0.4) is 0 Å². The van der Waals surface area contributed by atoms with Crippen LogP contribution in [-0.2, 0) is 19.4 Å². The SMILES string of the molecule is CC(C)(C)OC(=O)N1CCCC(C)(S(=O)(=O)CC(=O)O)C1. The number of carbonyl (C=O) groups excluding carboxylic acids is 1. The van der Waals surface area contributed by atoms with Gasteiger partial charge in [0.25, 0.3) is 0 Å². The highest BCUT2D eigenvalue weighted by atomic mass is 32.2. The quantitative estimate of drug-likeness (QED) is 0.840. The van der Waals surface area contributed by atoms with E-state index in [9.17, 15) is 18.0 Å². The van der Waals surface area contributed by atoms with E-state index in [0.717, 1.165) is 0 Å². The molecule has 0 aliphatic carbocycles. The van der Waals surface area contributed by atoms with Crippen LogP contribution >= 0.6 is 0 Å². The van der Waals surface area contributed by atoms with Gasteiger partial charge in [-0.1, -0.05) is 0 Å². The molecule has 21 heavy (non-hydrogen) atoms. The van der Waals surface area contributed by atoms with Gasteiger partial charge in [0.2, 0.25) is 0 Å². The maximum absolute atomic E-state index is 12.2. The van der Waals surface area contributed by atoms with Gasteiger partial charge in [0.05, 0.1) is 4.75 Å². The molecule has 0 spiro atoms. The molecule has 1 rings (SSSR count). The van der Waals surface area contributed by atoms with E-state index in [1.165, 1.54) is 11.8 Å². The molecule has 122 valence electrons. The topological polar surface area (TPSA) is 101 Å². The van der Waals surface area contributed by atoms with Crippen molar-refractivity contribution in [3.05, 3.63) is 0 Å². The Hall–Kier alpha value is -1.31. The number of carbonyl (C=O) groups is 2. The third-order valence-corrected chi connectivity index (χ3v) is 5.84. The van der Waals surface area contributed by atoms with Crippen molar-refractivity contribution in [1.29, 1.82) is 0 Å².